The molecule has 0 radical (unpaired) electrons. The molecule has 0 aliphatic heterocycles. The molecule has 66 valence electrons. The first-order chi connectivity index (χ1) is 5.13. The van der Waals surface area contributed by atoms with Gasteiger partial charge in [0.1, 0.15) is 0 Å². The van der Waals surface area contributed by atoms with Crippen LogP contribution in [0.5, 0.6) is 0 Å². The molecule has 0 saturated carbocycles. The van der Waals surface area contributed by atoms with Crippen LogP contribution in [0.15, 0.2) is 0 Å². The molecule has 0 rings (SSSR count). The first-order valence-electron chi connectivity index (χ1n) is 3.84. The predicted molar refractivity (Wildman–Crippen MR) is 50.2 cm³/mol. The molecule has 0 aliphatic carbocycles. The third-order valence-corrected chi connectivity index (χ3v) is 1.93. The van der Waals surface area contributed by atoms with Gasteiger partial charge < -0.3 is 4.90 Å². The van der Waals surface area contributed by atoms with Gasteiger partial charge in [0.15, 0.2) is 0 Å². The second kappa shape index (κ2) is 5.50. The minimum atomic E-state index is 0.139. The fourth-order valence-electron chi connectivity index (χ4n) is 1.13. The van der Waals surface area contributed by atoms with Gasteiger partial charge in [0, 0.05) is 26.1 Å². The highest BCUT2D eigenvalue weighted by molar-refractivity contribution is 7.13. The van der Waals surface area contributed by atoms with Crippen molar-refractivity contribution in [3.8, 4) is 0 Å². The molecule has 0 spiro atoms. The summed E-state index contributed by atoms with van der Waals surface area (Å²) in [6, 6.07) is 0.273. The number of nitrogens with zero attached hydrogens (tertiary/aromatic N) is 1. The number of carbonyl (C=O) groups excluding carboxylic acids is 1. The largest absolute Gasteiger partial charge is 0.339 e. The van der Waals surface area contributed by atoms with Gasteiger partial charge >= 0.3 is 0 Å². The number of likely N-dealkylation sites (N-methyl/N-ethyl adjacent to an activating group) is 1. The molecule has 0 bridgehead atoms. The fraction of sp³-hybridized carbons (Fsp3) is 0.857. The number of hydrogen-bond donors (Lipinski definition) is 1. The zero-order valence-electron chi connectivity index (χ0n) is 7.42. The van der Waals surface area contributed by atoms with Crippen molar-refractivity contribution in [3.05, 3.63) is 0 Å². The number of hydrogen-bond acceptors (Lipinski definition) is 2. The predicted octanol–water partition coefficient (Wildman–Crippen LogP) is 0.623. The van der Waals surface area contributed by atoms with E-state index in [0.717, 1.165) is 13.1 Å². The molecule has 4 heteroatoms. The van der Waals surface area contributed by atoms with Gasteiger partial charge in [-0.3, -0.25) is 9.88 Å². The van der Waals surface area contributed by atoms with Gasteiger partial charge in [0.05, 0.1) is 0 Å². The van der Waals surface area contributed by atoms with Gasteiger partial charge in [-0.15, -0.1) is 0 Å². The molecule has 0 aliphatic rings. The van der Waals surface area contributed by atoms with Crippen LogP contribution in [0.25, 0.3) is 0 Å². The second-order valence-electron chi connectivity index (χ2n) is 2.56. The van der Waals surface area contributed by atoms with Crippen LogP contribution in [0.1, 0.15) is 20.8 Å². The summed E-state index contributed by atoms with van der Waals surface area (Å²) in [6.45, 7) is 7.21. The summed E-state index contributed by atoms with van der Waals surface area (Å²) in [6.07, 6.45) is 0. The van der Waals surface area contributed by atoms with E-state index in [1.807, 2.05) is 18.7 Å². The van der Waals surface area contributed by atoms with Crippen LogP contribution < -0.4 is 5.09 Å². The molecule has 11 heavy (non-hydrogen) atoms. The summed E-state index contributed by atoms with van der Waals surface area (Å²) in [4.78, 5) is 12.8. The summed E-state index contributed by atoms with van der Waals surface area (Å²) in [7, 11) is 2.43. The first-order valence-corrected chi connectivity index (χ1v) is 4.41. The van der Waals surface area contributed by atoms with Crippen LogP contribution in [0.4, 0.5) is 0 Å². The highest BCUT2D eigenvalue weighted by Gasteiger charge is 2.12. The van der Waals surface area contributed by atoms with Gasteiger partial charge in [-0.1, -0.05) is 9.39 Å². The van der Waals surface area contributed by atoms with E-state index in [2.05, 4.69) is 14.5 Å². The van der Waals surface area contributed by atoms with E-state index in [1.165, 1.54) is 0 Å². The fourth-order valence-corrected chi connectivity index (χ4v) is 1.47. The van der Waals surface area contributed by atoms with Crippen LogP contribution in [-0.4, -0.2) is 29.9 Å². The lowest BCUT2D eigenvalue weighted by Crippen LogP contribution is -2.41. The molecule has 0 aromatic rings. The standard InChI is InChI=1S/C7H17N2OP/c1-4-9(7(3)10)6(2)5-8-11/h6,8H,4-5,11H2,1-3H3. The molecule has 0 fully saturated rings. The van der Waals surface area contributed by atoms with Crippen molar-refractivity contribution in [1.82, 2.24) is 9.99 Å². The van der Waals surface area contributed by atoms with Gasteiger partial charge in [-0.05, 0) is 13.8 Å². The monoisotopic (exact) mass is 176 g/mol. The molecule has 0 heterocycles. The normalized spacial score (nSPS) is 12.7. The Labute approximate surface area is 70.8 Å². The summed E-state index contributed by atoms with van der Waals surface area (Å²) >= 11 is 0. The molecule has 3 nitrogen and oxygen atoms in total. The molecular weight excluding hydrogens is 159 g/mol. The van der Waals surface area contributed by atoms with Crippen LogP contribution in [0, 0.1) is 0 Å². The average molecular weight is 176 g/mol. The van der Waals surface area contributed by atoms with E-state index in [0.29, 0.717) is 0 Å². The van der Waals surface area contributed by atoms with Gasteiger partial charge in [-0.25, -0.2) is 0 Å². The van der Waals surface area contributed by atoms with Crippen molar-refractivity contribution in [2.75, 3.05) is 13.1 Å². The maximum atomic E-state index is 11.0. The first kappa shape index (κ1) is 10.9. The Kier molecular flexibility index (Phi) is 5.43. The molecule has 2 unspecified atom stereocenters. The van der Waals surface area contributed by atoms with Crippen molar-refractivity contribution in [2.24, 2.45) is 0 Å². The summed E-state index contributed by atoms with van der Waals surface area (Å²) < 4.78 is 0. The highest BCUT2D eigenvalue weighted by atomic mass is 31.0. The zero-order valence-corrected chi connectivity index (χ0v) is 8.58. The summed E-state index contributed by atoms with van der Waals surface area (Å²) in [5.41, 5.74) is 0. The maximum absolute atomic E-state index is 11.0. The molecular formula is C7H17N2OP. The van der Waals surface area contributed by atoms with Crippen molar-refractivity contribution < 1.29 is 4.79 Å². The molecule has 0 aromatic carbocycles. The van der Waals surface area contributed by atoms with Crippen molar-refractivity contribution >= 4 is 15.3 Å². The minimum Gasteiger partial charge on any atom is -0.339 e. The van der Waals surface area contributed by atoms with Crippen molar-refractivity contribution in [2.45, 2.75) is 26.8 Å². The number of carbonyl (C=O) groups is 1. The zero-order chi connectivity index (χ0) is 8.85. The summed E-state index contributed by atoms with van der Waals surface area (Å²) in [5.74, 6) is 0.139. The SMILES string of the molecule is CCN(C(C)=O)C(C)CNP. The number of rotatable bonds is 4. The Morgan fingerprint density at radius 2 is 2.27 bits per heavy atom. The van der Waals surface area contributed by atoms with Crippen LogP contribution in [0.2, 0.25) is 0 Å². The smallest absolute Gasteiger partial charge is 0.219 e. The van der Waals surface area contributed by atoms with Crippen LogP contribution in [0.3, 0.4) is 0 Å². The topological polar surface area (TPSA) is 32.3 Å². The Morgan fingerprint density at radius 3 is 2.55 bits per heavy atom. The summed E-state index contributed by atoms with van der Waals surface area (Å²) in [5, 5.41) is 2.96. The van der Waals surface area contributed by atoms with Gasteiger partial charge in [0.2, 0.25) is 5.91 Å². The lowest BCUT2D eigenvalue weighted by atomic mass is 10.3. The third kappa shape index (κ3) is 3.68. The van der Waals surface area contributed by atoms with E-state index in [-0.39, 0.29) is 11.9 Å². The van der Waals surface area contributed by atoms with E-state index >= 15 is 0 Å². The van der Waals surface area contributed by atoms with Crippen LogP contribution in [-0.2, 0) is 4.79 Å². The lowest BCUT2D eigenvalue weighted by molar-refractivity contribution is -0.130. The van der Waals surface area contributed by atoms with Crippen molar-refractivity contribution in [1.29, 1.82) is 0 Å². The Balaban J connectivity index is 3.91. The molecule has 1 amide bonds. The van der Waals surface area contributed by atoms with E-state index in [4.69, 9.17) is 0 Å². The maximum Gasteiger partial charge on any atom is 0.219 e. The lowest BCUT2D eigenvalue weighted by Gasteiger charge is -2.26. The number of amides is 1. The quantitative estimate of drug-likeness (QED) is 0.637. The average Bonchev–Trinajstić information content (AvgIpc) is 1.88. The van der Waals surface area contributed by atoms with E-state index in [1.54, 1.807) is 6.92 Å². The van der Waals surface area contributed by atoms with Crippen molar-refractivity contribution in [3.63, 3.8) is 0 Å². The number of nitrogens with one attached hydrogen (secondary N) is 1. The Hall–Kier alpha value is -0.140. The molecule has 1 N–H and O–H groups in total. The second-order valence-corrected chi connectivity index (χ2v) is 2.97. The molecule has 2 atom stereocenters. The van der Waals surface area contributed by atoms with E-state index < -0.39 is 0 Å². The third-order valence-electron chi connectivity index (χ3n) is 1.69. The van der Waals surface area contributed by atoms with Crippen LogP contribution >= 0.6 is 9.39 Å². The van der Waals surface area contributed by atoms with E-state index in [9.17, 15) is 4.79 Å². The Morgan fingerprint density at radius 1 is 1.73 bits per heavy atom. The van der Waals surface area contributed by atoms with Gasteiger partial charge in [0.25, 0.3) is 0 Å². The Bertz CT molecular complexity index is 130. The minimum absolute atomic E-state index is 0.139. The molecule has 0 saturated heterocycles. The molecule has 0 aromatic heterocycles. The van der Waals surface area contributed by atoms with Gasteiger partial charge in [-0.2, -0.15) is 0 Å². The highest BCUT2D eigenvalue weighted by Crippen LogP contribution is 1.98.